The monoisotopic (exact) mass is 355 g/mol. The van der Waals surface area contributed by atoms with Crippen LogP contribution in [0.5, 0.6) is 0 Å². The minimum absolute atomic E-state index is 0.217. The molecule has 0 saturated heterocycles. The van der Waals surface area contributed by atoms with Crippen LogP contribution in [0.4, 0.5) is 5.13 Å². The summed E-state index contributed by atoms with van der Waals surface area (Å²) in [5.41, 5.74) is 4.75. The summed E-state index contributed by atoms with van der Waals surface area (Å²) in [6.45, 7) is 0. The Morgan fingerprint density at radius 3 is 2.73 bits per heavy atom. The van der Waals surface area contributed by atoms with Gasteiger partial charge in [0.1, 0.15) is 0 Å². The molecule has 26 heavy (non-hydrogen) atoms. The Morgan fingerprint density at radius 2 is 1.92 bits per heavy atom. The average Bonchev–Trinajstić information content (AvgIpc) is 3.27. The molecule has 1 heterocycles. The number of thiazole rings is 1. The topological polar surface area (TPSA) is 65.8 Å². The van der Waals surface area contributed by atoms with Crippen molar-refractivity contribution < 1.29 is 4.79 Å². The number of aryl methyl sites for hydroxylation is 2. The molecule has 0 aliphatic heterocycles. The number of amides is 1. The van der Waals surface area contributed by atoms with Crippen molar-refractivity contribution in [3.63, 3.8) is 0 Å². The van der Waals surface area contributed by atoms with Crippen molar-refractivity contribution in [1.82, 2.24) is 4.98 Å². The number of nitriles is 1. The van der Waals surface area contributed by atoms with E-state index in [1.807, 2.05) is 0 Å². The second-order valence-electron chi connectivity index (χ2n) is 6.38. The third kappa shape index (κ3) is 2.27. The van der Waals surface area contributed by atoms with Gasteiger partial charge in [-0.25, -0.2) is 4.98 Å². The van der Waals surface area contributed by atoms with Gasteiger partial charge in [-0.15, -0.1) is 0 Å². The van der Waals surface area contributed by atoms with E-state index in [-0.39, 0.29) is 5.91 Å². The lowest BCUT2D eigenvalue weighted by Crippen LogP contribution is -2.11. The molecule has 0 radical (unpaired) electrons. The molecule has 0 bridgehead atoms. The smallest absolute Gasteiger partial charge is 0.257 e. The van der Waals surface area contributed by atoms with E-state index in [2.05, 4.69) is 40.6 Å². The molecule has 0 unspecified atom stereocenters. The molecule has 4 aromatic rings. The number of nitrogens with zero attached hydrogens (tertiary/aromatic N) is 2. The Balaban J connectivity index is 1.54. The molecule has 1 aromatic heterocycles. The van der Waals surface area contributed by atoms with Crippen LogP contribution < -0.4 is 5.32 Å². The van der Waals surface area contributed by atoms with Gasteiger partial charge in [-0.05, 0) is 59.7 Å². The van der Waals surface area contributed by atoms with E-state index in [1.165, 1.54) is 33.2 Å². The molecule has 3 aromatic carbocycles. The standard InChI is InChI=1S/C21H13N3OS/c22-11-12-4-6-14(7-5-12)20(25)24-21-23-19-16-3-1-2-13-8-9-15(18(13)16)10-17(19)26-21/h1-7,10H,8-9H2,(H,23,24,25). The quantitative estimate of drug-likeness (QED) is 0.568. The third-order valence-electron chi connectivity index (χ3n) is 4.85. The van der Waals surface area contributed by atoms with E-state index in [0.717, 1.165) is 23.1 Å². The zero-order valence-electron chi connectivity index (χ0n) is 13.7. The first kappa shape index (κ1) is 15.1. The lowest BCUT2D eigenvalue weighted by molar-refractivity contribution is 0.102. The summed E-state index contributed by atoms with van der Waals surface area (Å²) in [4.78, 5) is 17.1. The van der Waals surface area contributed by atoms with Crippen molar-refractivity contribution in [3.05, 3.63) is 70.8 Å². The Morgan fingerprint density at radius 1 is 1.12 bits per heavy atom. The minimum Gasteiger partial charge on any atom is -0.298 e. The highest BCUT2D eigenvalue weighted by Gasteiger charge is 2.19. The highest BCUT2D eigenvalue weighted by atomic mass is 32.1. The zero-order chi connectivity index (χ0) is 17.7. The first-order valence-corrected chi connectivity index (χ1v) is 9.20. The minimum atomic E-state index is -0.217. The highest BCUT2D eigenvalue weighted by Crippen LogP contribution is 2.39. The zero-order valence-corrected chi connectivity index (χ0v) is 14.6. The first-order valence-electron chi connectivity index (χ1n) is 8.38. The maximum absolute atomic E-state index is 12.5. The van der Waals surface area contributed by atoms with Gasteiger partial charge in [-0.2, -0.15) is 5.26 Å². The molecule has 0 fully saturated rings. The van der Waals surface area contributed by atoms with Crippen LogP contribution in [-0.2, 0) is 12.8 Å². The first-order chi connectivity index (χ1) is 12.7. The van der Waals surface area contributed by atoms with Crippen molar-refractivity contribution in [3.8, 4) is 6.07 Å². The largest absolute Gasteiger partial charge is 0.298 e. The van der Waals surface area contributed by atoms with Crippen molar-refractivity contribution in [2.75, 3.05) is 5.32 Å². The molecule has 0 saturated carbocycles. The van der Waals surface area contributed by atoms with Crippen LogP contribution >= 0.6 is 11.3 Å². The summed E-state index contributed by atoms with van der Waals surface area (Å²) >= 11 is 1.50. The van der Waals surface area contributed by atoms with Gasteiger partial charge in [0, 0.05) is 10.9 Å². The number of benzene rings is 3. The SMILES string of the molecule is N#Cc1ccc(C(=O)Nc2nc3c(cc4c5c(cccc53)CC4)s2)cc1. The maximum Gasteiger partial charge on any atom is 0.257 e. The fourth-order valence-electron chi connectivity index (χ4n) is 3.62. The number of hydrogen-bond donors (Lipinski definition) is 1. The van der Waals surface area contributed by atoms with E-state index in [0.29, 0.717) is 16.3 Å². The lowest BCUT2D eigenvalue weighted by atomic mass is 10.0. The summed E-state index contributed by atoms with van der Waals surface area (Å²) < 4.78 is 1.10. The second kappa shape index (κ2) is 5.65. The molecule has 0 spiro atoms. The second-order valence-corrected chi connectivity index (χ2v) is 7.42. The van der Waals surface area contributed by atoms with Crippen LogP contribution in [0.1, 0.15) is 27.0 Å². The van der Waals surface area contributed by atoms with Gasteiger partial charge in [0.05, 0.1) is 21.8 Å². The van der Waals surface area contributed by atoms with Gasteiger partial charge in [-0.3, -0.25) is 10.1 Å². The molecule has 5 heteroatoms. The number of carbonyl (C=O) groups excluding carboxylic acids is 1. The van der Waals surface area contributed by atoms with Crippen LogP contribution in [0.2, 0.25) is 0 Å². The Labute approximate surface area is 153 Å². The molecule has 5 rings (SSSR count). The Hall–Kier alpha value is -3.23. The number of rotatable bonds is 2. The van der Waals surface area contributed by atoms with Crippen molar-refractivity contribution in [1.29, 1.82) is 5.26 Å². The van der Waals surface area contributed by atoms with Crippen LogP contribution in [0.25, 0.3) is 21.0 Å². The van der Waals surface area contributed by atoms with Crippen molar-refractivity contribution in [2.24, 2.45) is 0 Å². The molecule has 1 N–H and O–H groups in total. The number of aromatic nitrogens is 1. The molecular weight excluding hydrogens is 342 g/mol. The van der Waals surface area contributed by atoms with E-state index >= 15 is 0 Å². The molecule has 124 valence electrons. The van der Waals surface area contributed by atoms with Crippen molar-refractivity contribution in [2.45, 2.75) is 12.8 Å². The summed E-state index contributed by atoms with van der Waals surface area (Å²) in [5, 5.41) is 14.8. The van der Waals surface area contributed by atoms with Gasteiger partial charge < -0.3 is 0 Å². The van der Waals surface area contributed by atoms with Crippen molar-refractivity contribution >= 4 is 43.4 Å². The summed E-state index contributed by atoms with van der Waals surface area (Å²) in [6.07, 6.45) is 2.16. The van der Waals surface area contributed by atoms with Crippen LogP contribution in [0.15, 0.2) is 48.5 Å². The molecular formula is C21H13N3OS. The van der Waals surface area contributed by atoms with E-state index in [9.17, 15) is 4.79 Å². The van der Waals surface area contributed by atoms with Crippen LogP contribution in [0.3, 0.4) is 0 Å². The third-order valence-corrected chi connectivity index (χ3v) is 5.76. The van der Waals surface area contributed by atoms with Crippen LogP contribution in [0, 0.1) is 11.3 Å². The van der Waals surface area contributed by atoms with Gasteiger partial charge in [0.25, 0.3) is 5.91 Å². The summed E-state index contributed by atoms with van der Waals surface area (Å²) in [6, 6.07) is 17.2. The van der Waals surface area contributed by atoms with Gasteiger partial charge in [0.15, 0.2) is 5.13 Å². The number of fused-ring (bicyclic) bond motifs is 2. The maximum atomic E-state index is 12.5. The summed E-state index contributed by atoms with van der Waals surface area (Å²) in [7, 11) is 0. The number of hydrogen-bond acceptors (Lipinski definition) is 4. The van der Waals surface area contributed by atoms with Gasteiger partial charge in [-0.1, -0.05) is 29.5 Å². The van der Waals surface area contributed by atoms with Crippen LogP contribution in [-0.4, -0.2) is 10.9 Å². The predicted octanol–water partition coefficient (Wildman–Crippen LogP) is 4.67. The van der Waals surface area contributed by atoms with Gasteiger partial charge in [0.2, 0.25) is 0 Å². The lowest BCUT2D eigenvalue weighted by Gasteiger charge is -2.02. The number of anilines is 1. The fourth-order valence-corrected chi connectivity index (χ4v) is 4.57. The predicted molar refractivity (Wildman–Crippen MR) is 104 cm³/mol. The molecule has 1 amide bonds. The molecule has 4 nitrogen and oxygen atoms in total. The normalized spacial score (nSPS) is 12.4. The highest BCUT2D eigenvalue weighted by molar-refractivity contribution is 7.22. The number of nitrogens with one attached hydrogen (secondary N) is 1. The molecule has 1 aliphatic rings. The summed E-state index contributed by atoms with van der Waals surface area (Å²) in [5.74, 6) is -0.217. The Kier molecular flexibility index (Phi) is 3.27. The number of carbonyl (C=O) groups is 1. The molecule has 1 aliphatic carbocycles. The molecule has 0 atom stereocenters. The Bertz CT molecular complexity index is 1230. The van der Waals surface area contributed by atoms with Gasteiger partial charge >= 0.3 is 0 Å². The van der Waals surface area contributed by atoms with E-state index in [4.69, 9.17) is 5.26 Å². The van der Waals surface area contributed by atoms with E-state index < -0.39 is 0 Å². The average molecular weight is 355 g/mol. The fraction of sp³-hybridized carbons (Fsp3) is 0.0952. The van der Waals surface area contributed by atoms with E-state index in [1.54, 1.807) is 24.3 Å².